The molecule has 0 aliphatic heterocycles. The molecule has 39 heavy (non-hydrogen) atoms. The van der Waals surface area contributed by atoms with Crippen LogP contribution in [0.1, 0.15) is 16.7 Å². The van der Waals surface area contributed by atoms with Crippen molar-refractivity contribution in [3.05, 3.63) is 138 Å². The number of para-hydroxylation sites is 1. The third-order valence-corrected chi connectivity index (χ3v) is 6.29. The van der Waals surface area contributed by atoms with E-state index in [1.807, 2.05) is 121 Å². The highest BCUT2D eigenvalue weighted by atomic mass is 16.6. The second kappa shape index (κ2) is 15.8. The number of hydrogen-bond acceptors (Lipinski definition) is 6. The predicted molar refractivity (Wildman–Crippen MR) is 150 cm³/mol. The van der Waals surface area contributed by atoms with Gasteiger partial charge in [0.05, 0.1) is 26.4 Å². The van der Waals surface area contributed by atoms with Gasteiger partial charge in [0, 0.05) is 0 Å². The van der Waals surface area contributed by atoms with Gasteiger partial charge in [0.25, 0.3) is 0 Å². The van der Waals surface area contributed by atoms with Crippen LogP contribution in [0.3, 0.4) is 0 Å². The Balaban J connectivity index is 1.56. The first-order valence-corrected chi connectivity index (χ1v) is 13.2. The molecule has 4 atom stereocenters. The molecule has 4 aromatic rings. The normalized spacial score (nSPS) is 14.3. The first kappa shape index (κ1) is 28.5. The molecule has 0 saturated heterocycles. The molecule has 6 nitrogen and oxygen atoms in total. The summed E-state index contributed by atoms with van der Waals surface area (Å²) in [6.07, 6.45) is -3.48. The van der Waals surface area contributed by atoms with Crippen molar-refractivity contribution in [2.45, 2.75) is 44.2 Å². The highest BCUT2D eigenvalue weighted by Crippen LogP contribution is 2.22. The van der Waals surface area contributed by atoms with Crippen molar-refractivity contribution < 1.29 is 29.2 Å². The minimum atomic E-state index is -1.07. The standard InChI is InChI=1S/C33H36O6/c34-21-31(37-22-26-13-5-1-6-14-26)33(39-24-28-17-9-3-10-18-28)32(38-23-27-15-7-2-8-16-27)30(35)25-36-29-19-11-4-12-20-29/h1-20,30-35H,21-25H2/t30-,31+,32-,33-/m1/s1. The molecule has 0 unspecified atom stereocenters. The third-order valence-electron chi connectivity index (χ3n) is 6.29. The van der Waals surface area contributed by atoms with Crippen molar-refractivity contribution in [2.75, 3.05) is 13.2 Å². The summed E-state index contributed by atoms with van der Waals surface area (Å²) in [5.74, 6) is 0.638. The van der Waals surface area contributed by atoms with E-state index in [2.05, 4.69) is 0 Å². The maximum Gasteiger partial charge on any atom is 0.119 e. The zero-order valence-electron chi connectivity index (χ0n) is 21.9. The van der Waals surface area contributed by atoms with Crippen molar-refractivity contribution in [2.24, 2.45) is 0 Å². The second-order valence-corrected chi connectivity index (χ2v) is 9.23. The largest absolute Gasteiger partial charge is 0.491 e. The monoisotopic (exact) mass is 528 g/mol. The summed E-state index contributed by atoms with van der Waals surface area (Å²) in [4.78, 5) is 0. The molecule has 0 radical (unpaired) electrons. The van der Waals surface area contributed by atoms with Gasteiger partial charge in [-0.25, -0.2) is 0 Å². The van der Waals surface area contributed by atoms with Crippen LogP contribution in [-0.2, 0) is 34.0 Å². The van der Waals surface area contributed by atoms with Gasteiger partial charge in [-0.15, -0.1) is 0 Å². The molecule has 6 heteroatoms. The maximum absolute atomic E-state index is 11.4. The van der Waals surface area contributed by atoms with Gasteiger partial charge in [-0.2, -0.15) is 0 Å². The number of benzene rings is 4. The summed E-state index contributed by atoms with van der Waals surface area (Å²) in [7, 11) is 0. The van der Waals surface area contributed by atoms with Crippen LogP contribution in [0, 0.1) is 0 Å². The van der Waals surface area contributed by atoms with Crippen molar-refractivity contribution >= 4 is 0 Å². The molecule has 4 aromatic carbocycles. The molecule has 0 heterocycles. The molecular weight excluding hydrogens is 492 g/mol. The van der Waals surface area contributed by atoms with Crippen LogP contribution < -0.4 is 4.74 Å². The maximum atomic E-state index is 11.4. The lowest BCUT2D eigenvalue weighted by molar-refractivity contribution is -0.189. The quantitative estimate of drug-likeness (QED) is 0.209. The molecule has 0 aromatic heterocycles. The highest BCUT2D eigenvalue weighted by molar-refractivity contribution is 5.21. The summed E-state index contributed by atoms with van der Waals surface area (Å²) < 4.78 is 24.7. The highest BCUT2D eigenvalue weighted by Gasteiger charge is 2.37. The molecule has 0 bridgehead atoms. The Kier molecular flexibility index (Phi) is 11.5. The zero-order valence-corrected chi connectivity index (χ0v) is 21.9. The molecule has 0 saturated carbocycles. The van der Waals surface area contributed by atoms with Crippen molar-refractivity contribution in [1.29, 1.82) is 0 Å². The minimum Gasteiger partial charge on any atom is -0.491 e. The number of aliphatic hydroxyl groups is 2. The average molecular weight is 529 g/mol. The van der Waals surface area contributed by atoms with Crippen LogP contribution >= 0.6 is 0 Å². The lowest BCUT2D eigenvalue weighted by Crippen LogP contribution is -2.51. The van der Waals surface area contributed by atoms with E-state index >= 15 is 0 Å². The predicted octanol–water partition coefficient (Wildman–Crippen LogP) is 5.17. The van der Waals surface area contributed by atoms with Gasteiger partial charge in [0.2, 0.25) is 0 Å². The SMILES string of the molecule is OC[C@H](OCc1ccccc1)[C@@H](OCc1ccccc1)[C@H](OCc1ccccc1)[C@H](O)COc1ccccc1. The molecule has 0 amide bonds. The Hall–Kier alpha value is -3.52. The lowest BCUT2D eigenvalue weighted by Gasteiger charge is -2.35. The van der Waals surface area contributed by atoms with Gasteiger partial charge >= 0.3 is 0 Å². The van der Waals surface area contributed by atoms with Crippen molar-refractivity contribution in [3.8, 4) is 5.75 Å². The molecule has 2 N–H and O–H groups in total. The van der Waals surface area contributed by atoms with Crippen molar-refractivity contribution in [3.63, 3.8) is 0 Å². The molecule has 0 spiro atoms. The molecule has 4 rings (SSSR count). The topological polar surface area (TPSA) is 77.4 Å². The van der Waals surface area contributed by atoms with E-state index in [1.54, 1.807) is 0 Å². The van der Waals surface area contributed by atoms with Gasteiger partial charge in [-0.1, -0.05) is 109 Å². The fourth-order valence-electron chi connectivity index (χ4n) is 4.19. The van der Waals surface area contributed by atoms with Gasteiger partial charge in [-0.05, 0) is 28.8 Å². The van der Waals surface area contributed by atoms with Crippen LogP contribution in [0.15, 0.2) is 121 Å². The van der Waals surface area contributed by atoms with Gasteiger partial charge < -0.3 is 29.2 Å². The molecular formula is C33H36O6. The third kappa shape index (κ3) is 9.32. The Labute approximate surface area is 230 Å². The summed E-state index contributed by atoms with van der Waals surface area (Å²) in [6, 6.07) is 38.5. The summed E-state index contributed by atoms with van der Waals surface area (Å²) in [5, 5.41) is 21.8. The first-order chi connectivity index (χ1) is 19.2. The summed E-state index contributed by atoms with van der Waals surface area (Å²) >= 11 is 0. The van der Waals surface area contributed by atoms with Crippen LogP contribution in [-0.4, -0.2) is 47.8 Å². The first-order valence-electron chi connectivity index (χ1n) is 13.2. The average Bonchev–Trinajstić information content (AvgIpc) is 3.00. The van der Waals surface area contributed by atoms with Crippen molar-refractivity contribution in [1.82, 2.24) is 0 Å². The van der Waals surface area contributed by atoms with Gasteiger partial charge in [0.15, 0.2) is 0 Å². The van der Waals surface area contributed by atoms with E-state index in [9.17, 15) is 10.2 Å². The molecule has 204 valence electrons. The van der Waals surface area contributed by atoms with E-state index in [-0.39, 0.29) is 33.0 Å². The van der Waals surface area contributed by atoms with Crippen LogP contribution in [0.25, 0.3) is 0 Å². The molecule has 0 fully saturated rings. The van der Waals surface area contributed by atoms with E-state index in [4.69, 9.17) is 18.9 Å². The van der Waals surface area contributed by atoms with E-state index < -0.39 is 24.4 Å². The molecule has 0 aliphatic carbocycles. The van der Waals surface area contributed by atoms with Gasteiger partial charge in [0.1, 0.15) is 36.8 Å². The number of hydrogen-bond donors (Lipinski definition) is 2. The summed E-state index contributed by atoms with van der Waals surface area (Å²) in [5.41, 5.74) is 2.87. The smallest absolute Gasteiger partial charge is 0.119 e. The number of aliphatic hydroxyl groups excluding tert-OH is 2. The Bertz CT molecular complexity index is 1170. The van der Waals surface area contributed by atoms with E-state index in [0.717, 1.165) is 16.7 Å². The molecule has 0 aliphatic rings. The Morgan fingerprint density at radius 1 is 0.513 bits per heavy atom. The Morgan fingerprint density at radius 3 is 1.38 bits per heavy atom. The minimum absolute atomic E-state index is 0.0223. The fraction of sp³-hybridized carbons (Fsp3) is 0.273. The van der Waals surface area contributed by atoms with Crippen LogP contribution in [0.5, 0.6) is 5.75 Å². The van der Waals surface area contributed by atoms with Gasteiger partial charge in [-0.3, -0.25) is 0 Å². The summed E-state index contributed by atoms with van der Waals surface area (Å²) in [6.45, 7) is 0.443. The number of ether oxygens (including phenoxy) is 4. The zero-order chi connectivity index (χ0) is 27.1. The number of rotatable bonds is 16. The van der Waals surface area contributed by atoms with Crippen LogP contribution in [0.4, 0.5) is 0 Å². The second-order valence-electron chi connectivity index (χ2n) is 9.23. The van der Waals surface area contributed by atoms with E-state index in [1.165, 1.54) is 0 Å². The fourth-order valence-corrected chi connectivity index (χ4v) is 4.19. The lowest BCUT2D eigenvalue weighted by atomic mass is 10.0. The van der Waals surface area contributed by atoms with Crippen LogP contribution in [0.2, 0.25) is 0 Å². The Morgan fingerprint density at radius 2 is 0.923 bits per heavy atom. The van der Waals surface area contributed by atoms with E-state index in [0.29, 0.717) is 5.75 Å².